The van der Waals surface area contributed by atoms with Crippen LogP contribution in [-0.2, 0) is 6.42 Å². The summed E-state index contributed by atoms with van der Waals surface area (Å²) in [5.74, 6) is 2.59. The first kappa shape index (κ1) is 16.9. The highest BCUT2D eigenvalue weighted by molar-refractivity contribution is 5.25. The van der Waals surface area contributed by atoms with Crippen LogP contribution < -0.4 is 0 Å². The van der Waals surface area contributed by atoms with Crippen LogP contribution in [0.1, 0.15) is 69.4 Å². The standard InChI is InChI=1S/C21H30F2/c1-14-3-7-18(8-4-14)19-9-5-16(6-10-19)11-17-12-20(22)15(2)21(23)13-17/h12-14,16,18-19H,3-11H2,1-2H3. The van der Waals surface area contributed by atoms with Crippen molar-refractivity contribution in [2.75, 3.05) is 0 Å². The lowest BCUT2D eigenvalue weighted by Gasteiger charge is -2.37. The summed E-state index contributed by atoms with van der Waals surface area (Å²) < 4.78 is 27.4. The van der Waals surface area contributed by atoms with Gasteiger partial charge < -0.3 is 0 Å². The van der Waals surface area contributed by atoms with Crippen molar-refractivity contribution in [3.63, 3.8) is 0 Å². The van der Waals surface area contributed by atoms with Crippen molar-refractivity contribution in [2.45, 2.75) is 71.6 Å². The van der Waals surface area contributed by atoms with E-state index in [1.165, 1.54) is 70.4 Å². The fraction of sp³-hybridized carbons (Fsp3) is 0.714. The second kappa shape index (κ2) is 7.32. The fourth-order valence-corrected chi connectivity index (χ4v) is 4.77. The summed E-state index contributed by atoms with van der Waals surface area (Å²) in [4.78, 5) is 0. The zero-order valence-electron chi connectivity index (χ0n) is 14.6. The van der Waals surface area contributed by atoms with Gasteiger partial charge in [0.05, 0.1) is 0 Å². The van der Waals surface area contributed by atoms with Gasteiger partial charge in [-0.05, 0) is 93.2 Å². The lowest BCUT2D eigenvalue weighted by Crippen LogP contribution is -2.25. The summed E-state index contributed by atoms with van der Waals surface area (Å²) in [6.07, 6.45) is 11.6. The van der Waals surface area contributed by atoms with E-state index in [2.05, 4.69) is 6.92 Å². The van der Waals surface area contributed by atoms with Crippen molar-refractivity contribution in [3.05, 3.63) is 34.9 Å². The Balaban J connectivity index is 1.51. The third-order valence-corrected chi connectivity index (χ3v) is 6.48. The average Bonchev–Trinajstić information content (AvgIpc) is 2.54. The van der Waals surface area contributed by atoms with Crippen LogP contribution >= 0.6 is 0 Å². The van der Waals surface area contributed by atoms with Gasteiger partial charge >= 0.3 is 0 Å². The molecular weight excluding hydrogens is 290 g/mol. The van der Waals surface area contributed by atoms with E-state index in [0.29, 0.717) is 5.92 Å². The van der Waals surface area contributed by atoms with Crippen molar-refractivity contribution < 1.29 is 8.78 Å². The zero-order valence-corrected chi connectivity index (χ0v) is 14.6. The molecule has 0 spiro atoms. The summed E-state index contributed by atoms with van der Waals surface area (Å²) in [5.41, 5.74) is 0.976. The fourth-order valence-electron chi connectivity index (χ4n) is 4.77. The number of hydrogen-bond acceptors (Lipinski definition) is 0. The Morgan fingerprint density at radius 3 is 1.83 bits per heavy atom. The monoisotopic (exact) mass is 320 g/mol. The van der Waals surface area contributed by atoms with Gasteiger partial charge in [0.15, 0.2) is 0 Å². The smallest absolute Gasteiger partial charge is 0.129 e. The van der Waals surface area contributed by atoms with Crippen LogP contribution in [0.3, 0.4) is 0 Å². The number of halogens is 2. The Kier molecular flexibility index (Phi) is 5.38. The van der Waals surface area contributed by atoms with Crippen LogP contribution in [0.5, 0.6) is 0 Å². The molecular formula is C21H30F2. The Hall–Kier alpha value is -0.920. The van der Waals surface area contributed by atoms with Crippen LogP contribution in [-0.4, -0.2) is 0 Å². The van der Waals surface area contributed by atoms with Crippen LogP contribution in [0.2, 0.25) is 0 Å². The molecule has 128 valence electrons. The Morgan fingerprint density at radius 1 is 0.826 bits per heavy atom. The number of benzene rings is 1. The molecule has 0 aromatic heterocycles. The molecule has 0 saturated heterocycles. The van der Waals surface area contributed by atoms with Crippen LogP contribution in [0, 0.1) is 42.2 Å². The first-order chi connectivity index (χ1) is 11.0. The molecule has 3 rings (SSSR count). The Labute approximate surface area is 139 Å². The molecule has 0 nitrogen and oxygen atoms in total. The largest absolute Gasteiger partial charge is 0.207 e. The lowest BCUT2D eigenvalue weighted by molar-refractivity contribution is 0.150. The van der Waals surface area contributed by atoms with Crippen LogP contribution in [0.25, 0.3) is 0 Å². The van der Waals surface area contributed by atoms with Crippen LogP contribution in [0.4, 0.5) is 8.78 Å². The summed E-state index contributed by atoms with van der Waals surface area (Å²) in [5, 5.41) is 0. The SMILES string of the molecule is Cc1c(F)cc(CC2CCC(C3CCC(C)CC3)CC2)cc1F. The van der Waals surface area contributed by atoms with Crippen molar-refractivity contribution in [2.24, 2.45) is 23.7 Å². The zero-order chi connectivity index (χ0) is 16.4. The van der Waals surface area contributed by atoms with Gasteiger partial charge in [-0.3, -0.25) is 0 Å². The highest BCUT2D eigenvalue weighted by atomic mass is 19.1. The van der Waals surface area contributed by atoms with Crippen molar-refractivity contribution in [1.82, 2.24) is 0 Å². The van der Waals surface area contributed by atoms with Gasteiger partial charge in [-0.1, -0.05) is 19.8 Å². The normalized spacial score (nSPS) is 32.0. The molecule has 1 aromatic carbocycles. The predicted molar refractivity (Wildman–Crippen MR) is 91.4 cm³/mol. The third-order valence-electron chi connectivity index (χ3n) is 6.48. The van der Waals surface area contributed by atoms with E-state index >= 15 is 0 Å². The van der Waals surface area contributed by atoms with E-state index in [1.54, 1.807) is 0 Å². The molecule has 0 aliphatic heterocycles. The summed E-state index contributed by atoms with van der Waals surface area (Å²) in [6.45, 7) is 3.89. The molecule has 2 heteroatoms. The Bertz CT molecular complexity index is 498. The molecule has 2 aliphatic rings. The predicted octanol–water partition coefficient (Wildman–Crippen LogP) is 6.45. The minimum absolute atomic E-state index is 0.143. The van der Waals surface area contributed by atoms with E-state index in [0.717, 1.165) is 29.7 Å². The first-order valence-corrected chi connectivity index (χ1v) is 9.47. The van der Waals surface area contributed by atoms with E-state index in [1.807, 2.05) is 0 Å². The van der Waals surface area contributed by atoms with Gasteiger partial charge in [0.1, 0.15) is 11.6 Å². The molecule has 0 N–H and O–H groups in total. The summed E-state index contributed by atoms with van der Waals surface area (Å²) >= 11 is 0. The number of hydrogen-bond donors (Lipinski definition) is 0. The van der Waals surface area contributed by atoms with Crippen molar-refractivity contribution in [3.8, 4) is 0 Å². The molecule has 0 amide bonds. The molecule has 0 radical (unpaired) electrons. The molecule has 2 aliphatic carbocycles. The van der Waals surface area contributed by atoms with Gasteiger partial charge in [-0.15, -0.1) is 0 Å². The molecule has 0 unspecified atom stereocenters. The molecule has 0 bridgehead atoms. The maximum atomic E-state index is 13.7. The second-order valence-corrected chi connectivity index (χ2v) is 8.19. The second-order valence-electron chi connectivity index (χ2n) is 8.19. The number of rotatable bonds is 3. The summed E-state index contributed by atoms with van der Waals surface area (Å²) in [6, 6.07) is 3.07. The third kappa shape index (κ3) is 4.14. The van der Waals surface area contributed by atoms with Gasteiger partial charge in [0.2, 0.25) is 0 Å². The van der Waals surface area contributed by atoms with Gasteiger partial charge in [-0.25, -0.2) is 8.78 Å². The van der Waals surface area contributed by atoms with E-state index in [9.17, 15) is 8.78 Å². The van der Waals surface area contributed by atoms with E-state index < -0.39 is 11.6 Å². The quantitative estimate of drug-likeness (QED) is 0.600. The minimum Gasteiger partial charge on any atom is -0.207 e. The van der Waals surface area contributed by atoms with Crippen molar-refractivity contribution in [1.29, 1.82) is 0 Å². The molecule has 0 heterocycles. The van der Waals surface area contributed by atoms with Gasteiger partial charge in [0.25, 0.3) is 0 Å². The van der Waals surface area contributed by atoms with Gasteiger partial charge in [0, 0.05) is 5.56 Å². The average molecular weight is 320 g/mol. The minimum atomic E-state index is -0.398. The van der Waals surface area contributed by atoms with E-state index in [-0.39, 0.29) is 5.56 Å². The molecule has 2 fully saturated rings. The molecule has 1 aromatic rings. The van der Waals surface area contributed by atoms with E-state index in [4.69, 9.17) is 0 Å². The molecule has 23 heavy (non-hydrogen) atoms. The van der Waals surface area contributed by atoms with Gasteiger partial charge in [-0.2, -0.15) is 0 Å². The molecule has 2 saturated carbocycles. The summed E-state index contributed by atoms with van der Waals surface area (Å²) in [7, 11) is 0. The maximum absolute atomic E-state index is 13.7. The highest BCUT2D eigenvalue weighted by Gasteiger charge is 2.30. The Morgan fingerprint density at radius 2 is 1.30 bits per heavy atom. The molecule has 0 atom stereocenters. The highest BCUT2D eigenvalue weighted by Crippen LogP contribution is 2.41. The maximum Gasteiger partial charge on any atom is 0.129 e. The topological polar surface area (TPSA) is 0 Å². The first-order valence-electron chi connectivity index (χ1n) is 9.47. The lowest BCUT2D eigenvalue weighted by atomic mass is 9.69. The van der Waals surface area contributed by atoms with Crippen LogP contribution in [0.15, 0.2) is 12.1 Å². The van der Waals surface area contributed by atoms with Crippen molar-refractivity contribution >= 4 is 0 Å².